The topological polar surface area (TPSA) is 131 Å². The zero-order chi connectivity index (χ0) is 30.8. The Hall–Kier alpha value is -2.92. The molecule has 2 aromatic carbocycles. The Bertz CT molecular complexity index is 1360. The Morgan fingerprint density at radius 1 is 1.07 bits per heavy atom. The van der Waals surface area contributed by atoms with Crippen LogP contribution in [0.15, 0.2) is 36.4 Å². The summed E-state index contributed by atoms with van der Waals surface area (Å²) in [6.45, 7) is 0.0734. The summed E-state index contributed by atoms with van der Waals surface area (Å²) in [5.74, 6) is 2.57. The van der Waals surface area contributed by atoms with Crippen LogP contribution in [0, 0.1) is 11.1 Å². The van der Waals surface area contributed by atoms with Gasteiger partial charge in [0.2, 0.25) is 5.75 Å². The molecule has 43 heavy (non-hydrogen) atoms. The first-order valence-electron chi connectivity index (χ1n) is 13.8. The van der Waals surface area contributed by atoms with Gasteiger partial charge in [-0.2, -0.15) is 0 Å². The number of benzene rings is 2. The molecule has 0 bridgehead atoms. The van der Waals surface area contributed by atoms with Crippen LogP contribution in [0.4, 0.5) is 0 Å². The van der Waals surface area contributed by atoms with E-state index < -0.39 is 13.9 Å². The van der Waals surface area contributed by atoms with Crippen molar-refractivity contribution in [2.45, 2.75) is 31.2 Å². The minimum atomic E-state index is -4.28. The molecule has 4 rings (SSSR count). The molecule has 1 fully saturated rings. The number of methoxy groups -OCH3 is 4. The van der Waals surface area contributed by atoms with Crippen molar-refractivity contribution in [3.8, 4) is 22.4 Å². The van der Waals surface area contributed by atoms with Crippen LogP contribution >= 0.6 is 19.0 Å². The number of amides is 1. The van der Waals surface area contributed by atoms with Gasteiger partial charge in [-0.15, -0.1) is 11.2 Å². The zero-order valence-electron chi connectivity index (χ0n) is 24.6. The Balaban J connectivity index is 1.17. The lowest BCUT2D eigenvalue weighted by Gasteiger charge is -2.21. The molecule has 2 aromatic rings. The number of phosphoric ester groups is 1. The van der Waals surface area contributed by atoms with E-state index in [0.717, 1.165) is 16.9 Å². The molecule has 234 valence electrons. The highest BCUT2D eigenvalue weighted by Crippen LogP contribution is 2.44. The summed E-state index contributed by atoms with van der Waals surface area (Å²) in [6, 6.07) is 10.8. The van der Waals surface area contributed by atoms with Crippen LogP contribution in [-0.2, 0) is 23.1 Å². The van der Waals surface area contributed by atoms with Crippen LogP contribution < -0.4 is 19.5 Å². The highest BCUT2D eigenvalue weighted by Gasteiger charge is 2.41. The van der Waals surface area contributed by atoms with E-state index in [1.807, 2.05) is 36.4 Å². The average molecular weight is 636 g/mol. The van der Waals surface area contributed by atoms with Crippen molar-refractivity contribution in [1.29, 1.82) is 0 Å². The fourth-order valence-corrected chi connectivity index (χ4v) is 6.16. The number of nitrogens with one attached hydrogen (secondary N) is 1. The summed E-state index contributed by atoms with van der Waals surface area (Å²) < 4.78 is 50.1. The third-order valence-electron chi connectivity index (χ3n) is 7.07. The van der Waals surface area contributed by atoms with Crippen LogP contribution in [0.5, 0.6) is 17.2 Å². The molecule has 11 nitrogen and oxygen atoms in total. The highest BCUT2D eigenvalue weighted by molar-refractivity contribution is 7.89. The first kappa shape index (κ1) is 33.0. The Labute approximate surface area is 255 Å². The summed E-state index contributed by atoms with van der Waals surface area (Å²) in [5, 5.41) is 6.01. The van der Waals surface area contributed by atoms with Crippen molar-refractivity contribution in [1.82, 2.24) is 5.32 Å². The van der Waals surface area contributed by atoms with Gasteiger partial charge in [0.25, 0.3) is 5.91 Å². The number of hydrogen-bond acceptors (Lipinski definition) is 9. The van der Waals surface area contributed by atoms with E-state index in [1.165, 1.54) is 0 Å². The molecule has 13 heteroatoms. The van der Waals surface area contributed by atoms with Gasteiger partial charge in [0, 0.05) is 31.4 Å². The zero-order valence-corrected chi connectivity index (χ0v) is 26.4. The third kappa shape index (κ3) is 9.04. The molecule has 0 spiro atoms. The minimum Gasteiger partial charge on any atom is -0.493 e. The molecule has 1 amide bonds. The molecular weight excluding hydrogens is 597 g/mol. The van der Waals surface area contributed by atoms with Gasteiger partial charge in [-0.25, -0.2) is 4.57 Å². The normalized spacial score (nSPS) is 22.4. The van der Waals surface area contributed by atoms with Crippen molar-refractivity contribution < 1.29 is 47.0 Å². The third-order valence-corrected chi connectivity index (χ3v) is 9.05. The van der Waals surface area contributed by atoms with Gasteiger partial charge in [-0.1, -0.05) is 29.5 Å². The fraction of sp³-hybridized carbons (Fsp3) is 0.467. The fourth-order valence-electron chi connectivity index (χ4n) is 4.66. The van der Waals surface area contributed by atoms with Gasteiger partial charge < -0.3 is 33.9 Å². The number of ether oxygens (including phenoxy) is 5. The molecule has 2 aliphatic heterocycles. The van der Waals surface area contributed by atoms with E-state index >= 15 is 0 Å². The quantitative estimate of drug-likeness (QED) is 0.153. The molecule has 1 saturated heterocycles. The number of phosphoric acid groups is 1. The van der Waals surface area contributed by atoms with E-state index in [1.54, 1.807) is 51.7 Å². The van der Waals surface area contributed by atoms with Crippen LogP contribution in [0.3, 0.4) is 0 Å². The molecule has 0 saturated carbocycles. The number of carbonyl (C=O) groups is 1. The van der Waals surface area contributed by atoms with Gasteiger partial charge in [0.05, 0.1) is 52.7 Å². The maximum atomic E-state index is 12.5. The Morgan fingerprint density at radius 2 is 1.74 bits per heavy atom. The van der Waals surface area contributed by atoms with Crippen molar-refractivity contribution >= 4 is 37.1 Å². The van der Waals surface area contributed by atoms with Crippen LogP contribution in [0.2, 0.25) is 0 Å². The second-order valence-electron chi connectivity index (χ2n) is 9.88. The smallest absolute Gasteiger partial charge is 0.472 e. The second-order valence-corrected chi connectivity index (χ2v) is 12.2. The van der Waals surface area contributed by atoms with Crippen LogP contribution in [-0.4, -0.2) is 83.1 Å². The van der Waals surface area contributed by atoms with E-state index in [4.69, 9.17) is 32.7 Å². The largest absolute Gasteiger partial charge is 0.493 e. The minimum absolute atomic E-state index is 0.0244. The molecule has 0 aromatic heterocycles. The first-order valence-corrected chi connectivity index (χ1v) is 16.3. The molecule has 5 atom stereocenters. The Morgan fingerprint density at radius 3 is 2.33 bits per heavy atom. The van der Waals surface area contributed by atoms with E-state index in [2.05, 4.69) is 10.5 Å². The summed E-state index contributed by atoms with van der Waals surface area (Å²) in [5.41, 5.74) is 2.24. The van der Waals surface area contributed by atoms with Crippen molar-refractivity contribution in [3.05, 3.63) is 53.1 Å². The predicted octanol–water partition coefficient (Wildman–Crippen LogP) is 4.63. The second kappa shape index (κ2) is 15.7. The maximum Gasteiger partial charge on any atom is 0.472 e. The molecular formula is C30H38NO10PS. The monoisotopic (exact) mass is 635 g/mol. The van der Waals surface area contributed by atoms with Crippen LogP contribution in [0.1, 0.15) is 34.3 Å². The van der Waals surface area contributed by atoms with Crippen molar-refractivity contribution in [3.63, 3.8) is 0 Å². The maximum absolute atomic E-state index is 12.5. The summed E-state index contributed by atoms with van der Waals surface area (Å²) >= 11 is 1.63. The number of rotatable bonds is 16. The molecule has 2 heterocycles. The highest BCUT2D eigenvalue weighted by atomic mass is 32.1. The lowest BCUT2D eigenvalue weighted by molar-refractivity contribution is -0.0406. The molecule has 2 N–H and O–H groups in total. The van der Waals surface area contributed by atoms with Gasteiger partial charge in [-0.3, -0.25) is 13.8 Å². The molecule has 0 radical (unpaired) electrons. The van der Waals surface area contributed by atoms with E-state index in [-0.39, 0.29) is 43.8 Å². The van der Waals surface area contributed by atoms with E-state index in [9.17, 15) is 14.3 Å². The van der Waals surface area contributed by atoms with E-state index in [0.29, 0.717) is 35.7 Å². The SMILES string of the molecule is COc1cc(/C=C/c2ccc(C(=O)NCCCOP(=O)(O)OCC3OC(C4C#SC4)CC3OC)cc2)cc(OC)c1OC. The number of carbonyl (C=O) groups excluding carboxylic acids is 1. The van der Waals surface area contributed by atoms with Gasteiger partial charge in [-0.05, 0) is 41.8 Å². The lowest BCUT2D eigenvalue weighted by atomic mass is 10.0. The predicted molar refractivity (Wildman–Crippen MR) is 164 cm³/mol. The summed E-state index contributed by atoms with van der Waals surface area (Å²) in [6.07, 6.45) is 4.12. The van der Waals surface area contributed by atoms with Crippen molar-refractivity contribution in [2.75, 3.05) is 54.0 Å². The summed E-state index contributed by atoms with van der Waals surface area (Å²) in [4.78, 5) is 22.6. The van der Waals surface area contributed by atoms with Crippen molar-refractivity contribution in [2.24, 2.45) is 5.92 Å². The molecule has 5 unspecified atom stereocenters. The first-order chi connectivity index (χ1) is 20.8. The average Bonchev–Trinajstić information content (AvgIpc) is 3.39. The van der Waals surface area contributed by atoms with Gasteiger partial charge in [0.1, 0.15) is 6.10 Å². The molecule has 0 aliphatic carbocycles. The Kier molecular flexibility index (Phi) is 12.0. The summed E-state index contributed by atoms with van der Waals surface area (Å²) in [7, 11) is 1.98. The standard InChI is InChI=1S/C30H38NO10PS/c1-35-25-16-24(23-18-43-19-23)41-28(25)17-40-42(33,34)39-13-5-12-31-30(32)22-10-8-20(9-11-22)6-7-21-14-26(36-2)29(38-4)27(15-21)37-3/h6-11,14-15,23-25,28H,5,12-13,16-18H2,1-4H3,(H,31,32)(H,33,34)/b7-6+. The van der Waals surface area contributed by atoms with Gasteiger partial charge >= 0.3 is 7.82 Å². The number of hydrogen-bond donors (Lipinski definition) is 2. The van der Waals surface area contributed by atoms with Gasteiger partial charge in [0.15, 0.2) is 11.5 Å². The molecule has 2 aliphatic rings. The van der Waals surface area contributed by atoms with Crippen LogP contribution in [0.25, 0.3) is 12.2 Å². The lowest BCUT2D eigenvalue weighted by Crippen LogP contribution is -2.28.